The molecule has 0 bridgehead atoms. The molecule has 1 aliphatic rings. The Labute approximate surface area is 97.9 Å². The number of amides is 1. The van der Waals surface area contributed by atoms with Gasteiger partial charge in [-0.2, -0.15) is 10.4 Å². The van der Waals surface area contributed by atoms with Crippen molar-refractivity contribution in [1.29, 1.82) is 5.26 Å². The second-order valence-electron chi connectivity index (χ2n) is 3.95. The van der Waals surface area contributed by atoms with E-state index in [0.717, 1.165) is 12.8 Å². The Morgan fingerprint density at radius 1 is 1.53 bits per heavy atom. The Balaban J connectivity index is 2.21. The molecule has 1 aromatic rings. The van der Waals surface area contributed by atoms with Crippen LogP contribution in [0.3, 0.4) is 0 Å². The van der Waals surface area contributed by atoms with Crippen molar-refractivity contribution in [1.82, 2.24) is 15.1 Å². The number of piperidine rings is 1. The second kappa shape index (κ2) is 4.78. The molecule has 0 aliphatic carbocycles. The van der Waals surface area contributed by atoms with Crippen molar-refractivity contribution in [2.45, 2.75) is 25.3 Å². The van der Waals surface area contributed by atoms with Crippen molar-refractivity contribution in [3.05, 3.63) is 28.2 Å². The van der Waals surface area contributed by atoms with E-state index in [1.807, 2.05) is 0 Å². The van der Waals surface area contributed by atoms with Crippen molar-refractivity contribution in [3.63, 3.8) is 0 Å². The first-order chi connectivity index (χ1) is 8.22. The molecule has 0 aromatic carbocycles. The predicted molar refractivity (Wildman–Crippen MR) is 59.1 cm³/mol. The molecule has 2 heterocycles. The molecule has 1 fully saturated rings. The first kappa shape index (κ1) is 11.3. The van der Waals surface area contributed by atoms with Crippen LogP contribution in [0.25, 0.3) is 0 Å². The minimum Gasteiger partial charge on any atom is -0.321 e. The molecule has 1 aliphatic heterocycles. The van der Waals surface area contributed by atoms with Crippen LogP contribution >= 0.6 is 0 Å². The van der Waals surface area contributed by atoms with E-state index in [4.69, 9.17) is 5.26 Å². The second-order valence-corrected chi connectivity index (χ2v) is 3.95. The van der Waals surface area contributed by atoms with Gasteiger partial charge in [-0.05, 0) is 25.3 Å². The monoisotopic (exact) mass is 232 g/mol. The number of H-pyrrole nitrogens is 1. The van der Waals surface area contributed by atoms with Crippen LogP contribution in [-0.4, -0.2) is 33.6 Å². The fraction of sp³-hybridized carbons (Fsp3) is 0.455. The summed E-state index contributed by atoms with van der Waals surface area (Å²) in [5, 5.41) is 14.9. The lowest BCUT2D eigenvalue weighted by Crippen LogP contribution is -2.43. The maximum absolute atomic E-state index is 12.1. The summed E-state index contributed by atoms with van der Waals surface area (Å²) in [4.78, 5) is 24.4. The van der Waals surface area contributed by atoms with E-state index in [1.165, 1.54) is 17.0 Å². The highest BCUT2D eigenvalue weighted by molar-refractivity contribution is 5.92. The van der Waals surface area contributed by atoms with Gasteiger partial charge in [0.15, 0.2) is 0 Å². The Morgan fingerprint density at radius 2 is 2.35 bits per heavy atom. The van der Waals surface area contributed by atoms with Crippen molar-refractivity contribution < 1.29 is 4.79 Å². The zero-order valence-electron chi connectivity index (χ0n) is 9.22. The van der Waals surface area contributed by atoms with Crippen molar-refractivity contribution in [2.75, 3.05) is 6.54 Å². The van der Waals surface area contributed by atoms with Crippen molar-refractivity contribution in [3.8, 4) is 6.07 Å². The third kappa shape index (κ3) is 2.33. The number of nitrogens with zero attached hydrogens (tertiary/aromatic N) is 3. The predicted octanol–water partition coefficient (Wildman–Crippen LogP) is 0.288. The van der Waals surface area contributed by atoms with Gasteiger partial charge in [0, 0.05) is 12.6 Å². The topological polar surface area (TPSA) is 89.9 Å². The molecule has 1 atom stereocenters. The number of nitriles is 1. The number of aromatic nitrogens is 2. The average molecular weight is 232 g/mol. The zero-order valence-corrected chi connectivity index (χ0v) is 9.22. The van der Waals surface area contributed by atoms with Gasteiger partial charge >= 0.3 is 0 Å². The molecule has 1 amide bonds. The van der Waals surface area contributed by atoms with Crippen LogP contribution in [0.2, 0.25) is 0 Å². The minimum absolute atomic E-state index is 0.173. The Kier molecular flexibility index (Phi) is 3.19. The van der Waals surface area contributed by atoms with Crippen LogP contribution in [0.15, 0.2) is 16.9 Å². The Hall–Kier alpha value is -2.16. The molecular weight excluding hydrogens is 220 g/mol. The number of hydrogen-bond acceptors (Lipinski definition) is 4. The molecule has 1 aromatic heterocycles. The van der Waals surface area contributed by atoms with Crippen LogP contribution in [0, 0.1) is 11.3 Å². The van der Waals surface area contributed by atoms with Crippen LogP contribution in [0.4, 0.5) is 0 Å². The summed E-state index contributed by atoms with van der Waals surface area (Å²) in [5.74, 6) is -0.299. The number of carbonyl (C=O) groups excluding carboxylic acids is 1. The van der Waals surface area contributed by atoms with Crippen molar-refractivity contribution in [2.24, 2.45) is 0 Å². The fourth-order valence-electron chi connectivity index (χ4n) is 1.92. The Morgan fingerprint density at radius 3 is 3.00 bits per heavy atom. The molecule has 1 unspecified atom stereocenters. The highest BCUT2D eigenvalue weighted by Gasteiger charge is 2.27. The SMILES string of the molecule is N#CC1CCCCN1C(=O)c1ccc(=O)[nH]n1. The van der Waals surface area contributed by atoms with E-state index in [2.05, 4.69) is 16.3 Å². The summed E-state index contributed by atoms with van der Waals surface area (Å²) in [6, 6.07) is 4.37. The van der Waals surface area contributed by atoms with Gasteiger partial charge in [0.05, 0.1) is 6.07 Å². The first-order valence-corrected chi connectivity index (χ1v) is 5.48. The van der Waals surface area contributed by atoms with Crippen molar-refractivity contribution >= 4 is 5.91 Å². The molecule has 1 N–H and O–H groups in total. The minimum atomic E-state index is -0.384. The molecule has 6 nitrogen and oxygen atoms in total. The van der Waals surface area contributed by atoms with Gasteiger partial charge in [-0.3, -0.25) is 9.59 Å². The fourth-order valence-corrected chi connectivity index (χ4v) is 1.92. The molecule has 2 rings (SSSR count). The maximum atomic E-state index is 12.1. The van der Waals surface area contributed by atoms with Crippen LogP contribution in [-0.2, 0) is 0 Å². The number of rotatable bonds is 1. The molecule has 1 saturated heterocycles. The molecule has 6 heteroatoms. The van der Waals surface area contributed by atoms with Crippen LogP contribution < -0.4 is 5.56 Å². The first-order valence-electron chi connectivity index (χ1n) is 5.48. The average Bonchev–Trinajstić information content (AvgIpc) is 2.39. The number of aromatic amines is 1. The van der Waals surface area contributed by atoms with Gasteiger partial charge in [-0.15, -0.1) is 0 Å². The molecule has 0 saturated carbocycles. The Bertz CT molecular complexity index is 496. The summed E-state index contributed by atoms with van der Waals surface area (Å²) in [7, 11) is 0. The molecule has 17 heavy (non-hydrogen) atoms. The smallest absolute Gasteiger partial charge is 0.275 e. The highest BCUT2D eigenvalue weighted by atomic mass is 16.2. The lowest BCUT2D eigenvalue weighted by Gasteiger charge is -2.30. The number of nitrogens with one attached hydrogen (secondary N) is 1. The van der Waals surface area contributed by atoms with E-state index in [1.54, 1.807) is 0 Å². The van der Waals surface area contributed by atoms with Gasteiger partial charge < -0.3 is 4.90 Å². The zero-order chi connectivity index (χ0) is 12.3. The summed E-state index contributed by atoms with van der Waals surface area (Å²) in [5.41, 5.74) is -0.177. The quantitative estimate of drug-likeness (QED) is 0.753. The van der Waals surface area contributed by atoms with Crippen LogP contribution in [0.5, 0.6) is 0 Å². The summed E-state index contributed by atoms with van der Waals surface area (Å²) >= 11 is 0. The maximum Gasteiger partial charge on any atom is 0.275 e. The van der Waals surface area contributed by atoms with Gasteiger partial charge in [0.2, 0.25) is 0 Å². The van der Waals surface area contributed by atoms with Gasteiger partial charge in [0.25, 0.3) is 11.5 Å². The van der Waals surface area contributed by atoms with E-state index in [9.17, 15) is 9.59 Å². The molecular formula is C11H12N4O2. The third-order valence-electron chi connectivity index (χ3n) is 2.81. The third-order valence-corrected chi connectivity index (χ3v) is 2.81. The van der Waals surface area contributed by atoms with E-state index in [-0.39, 0.29) is 23.2 Å². The normalized spacial score (nSPS) is 19.7. The number of hydrogen-bond donors (Lipinski definition) is 1. The molecule has 88 valence electrons. The number of likely N-dealkylation sites (tertiary alicyclic amines) is 1. The molecule has 0 spiro atoms. The highest BCUT2D eigenvalue weighted by Crippen LogP contribution is 2.18. The summed E-state index contributed by atoms with van der Waals surface area (Å²) in [6.45, 7) is 0.567. The van der Waals surface area contributed by atoms with Gasteiger partial charge in [0.1, 0.15) is 11.7 Å². The lowest BCUT2D eigenvalue weighted by atomic mass is 10.0. The summed E-state index contributed by atoms with van der Waals surface area (Å²) < 4.78 is 0. The van der Waals surface area contributed by atoms with Gasteiger partial charge in [-0.25, -0.2) is 5.10 Å². The largest absolute Gasteiger partial charge is 0.321 e. The summed E-state index contributed by atoms with van der Waals surface area (Å²) in [6.07, 6.45) is 2.56. The standard InChI is InChI=1S/C11H12N4O2/c12-7-8-3-1-2-6-15(8)11(17)9-4-5-10(16)14-13-9/h4-5,8H,1-3,6H2,(H,14,16). The molecule has 0 radical (unpaired) electrons. The van der Waals surface area contributed by atoms with Gasteiger partial charge in [-0.1, -0.05) is 0 Å². The van der Waals surface area contributed by atoms with E-state index >= 15 is 0 Å². The van der Waals surface area contributed by atoms with E-state index < -0.39 is 0 Å². The number of carbonyl (C=O) groups is 1. The van der Waals surface area contributed by atoms with Crippen LogP contribution in [0.1, 0.15) is 29.8 Å². The lowest BCUT2D eigenvalue weighted by molar-refractivity contribution is 0.0663. The van der Waals surface area contributed by atoms with E-state index in [0.29, 0.717) is 13.0 Å².